The van der Waals surface area contributed by atoms with E-state index in [0.29, 0.717) is 12.0 Å². The van der Waals surface area contributed by atoms with Crippen molar-refractivity contribution in [3.63, 3.8) is 0 Å². The summed E-state index contributed by atoms with van der Waals surface area (Å²) in [7, 11) is 3.52. The van der Waals surface area contributed by atoms with Crippen LogP contribution in [0.25, 0.3) is 10.8 Å². The van der Waals surface area contributed by atoms with Crippen LogP contribution in [0.5, 0.6) is 5.75 Å². The van der Waals surface area contributed by atoms with Crippen LogP contribution >= 0.6 is 0 Å². The lowest BCUT2D eigenvalue weighted by Gasteiger charge is -2.37. The van der Waals surface area contributed by atoms with E-state index in [4.69, 9.17) is 9.47 Å². The van der Waals surface area contributed by atoms with Crippen LogP contribution in [-0.2, 0) is 11.3 Å². The van der Waals surface area contributed by atoms with E-state index in [-0.39, 0.29) is 0 Å². The number of nitrogens with zero attached hydrogens (tertiary/aromatic N) is 2. The van der Waals surface area contributed by atoms with E-state index in [1.54, 1.807) is 7.11 Å². The first-order valence-corrected chi connectivity index (χ1v) is 10.4. The quantitative estimate of drug-likeness (QED) is 0.555. The van der Waals surface area contributed by atoms with E-state index in [1.165, 1.54) is 16.3 Å². The fourth-order valence-corrected chi connectivity index (χ4v) is 3.81. The van der Waals surface area contributed by atoms with Gasteiger partial charge in [-0.2, -0.15) is 0 Å². The summed E-state index contributed by atoms with van der Waals surface area (Å²) in [4.78, 5) is 6.92. The molecule has 1 saturated heterocycles. The molecule has 6 nitrogen and oxygen atoms in total. The summed E-state index contributed by atoms with van der Waals surface area (Å²) < 4.78 is 10.8. The molecule has 0 bridgehead atoms. The monoisotopic (exact) mass is 398 g/mol. The second-order valence-corrected chi connectivity index (χ2v) is 7.81. The van der Waals surface area contributed by atoms with Gasteiger partial charge in [0.05, 0.1) is 20.3 Å². The maximum atomic E-state index is 5.50. The molecule has 1 aliphatic rings. The van der Waals surface area contributed by atoms with Crippen molar-refractivity contribution < 1.29 is 9.47 Å². The number of rotatable bonds is 7. The van der Waals surface area contributed by atoms with Gasteiger partial charge in [0.25, 0.3) is 0 Å². The van der Waals surface area contributed by atoms with Crippen LogP contribution in [-0.4, -0.2) is 63.9 Å². The summed E-state index contributed by atoms with van der Waals surface area (Å²) in [6, 6.07) is 13.1. The summed E-state index contributed by atoms with van der Waals surface area (Å²) in [5, 5.41) is 9.34. The molecule has 0 amide bonds. The van der Waals surface area contributed by atoms with Gasteiger partial charge >= 0.3 is 0 Å². The fourth-order valence-electron chi connectivity index (χ4n) is 3.81. The summed E-state index contributed by atoms with van der Waals surface area (Å²) in [6.45, 7) is 9.80. The molecule has 2 N–H and O–H groups in total. The summed E-state index contributed by atoms with van der Waals surface area (Å²) in [6.07, 6.45) is 0. The molecule has 0 spiro atoms. The summed E-state index contributed by atoms with van der Waals surface area (Å²) in [5.41, 5.74) is 1.22. The predicted octanol–water partition coefficient (Wildman–Crippen LogP) is 2.87. The van der Waals surface area contributed by atoms with Gasteiger partial charge in [-0.25, -0.2) is 0 Å². The summed E-state index contributed by atoms with van der Waals surface area (Å²) in [5.74, 6) is 2.28. The van der Waals surface area contributed by atoms with Gasteiger partial charge in [0.2, 0.25) is 0 Å². The van der Waals surface area contributed by atoms with Gasteiger partial charge in [0, 0.05) is 39.3 Å². The Hall–Kier alpha value is -2.31. The molecule has 0 radical (unpaired) electrons. The number of hydrogen-bond acceptors (Lipinski definition) is 4. The zero-order valence-electron chi connectivity index (χ0n) is 18.1. The average Bonchev–Trinajstić information content (AvgIpc) is 2.76. The zero-order valence-corrected chi connectivity index (χ0v) is 18.1. The van der Waals surface area contributed by atoms with Crippen molar-refractivity contribution in [2.24, 2.45) is 10.9 Å². The standard InChI is InChI=1S/C23H34N4O2/c1-17(2)22(27-9-11-29-12-10-27)16-26-23(24-3)25-15-18-5-6-20-14-21(28-4)8-7-19(20)13-18/h5-8,13-14,17,22H,9-12,15-16H2,1-4H3,(H2,24,25,26). The maximum absolute atomic E-state index is 5.50. The van der Waals surface area contributed by atoms with Crippen molar-refractivity contribution in [2.75, 3.05) is 47.0 Å². The normalized spacial score (nSPS) is 16.8. The Morgan fingerprint density at radius 2 is 1.83 bits per heavy atom. The van der Waals surface area contributed by atoms with Gasteiger partial charge in [0.1, 0.15) is 5.75 Å². The van der Waals surface area contributed by atoms with E-state index in [1.807, 2.05) is 13.1 Å². The lowest BCUT2D eigenvalue weighted by molar-refractivity contribution is 0.00752. The second-order valence-electron chi connectivity index (χ2n) is 7.81. The number of aliphatic imine (C=N–C) groups is 1. The minimum absolute atomic E-state index is 0.466. The highest BCUT2D eigenvalue weighted by atomic mass is 16.5. The highest BCUT2D eigenvalue weighted by Crippen LogP contribution is 2.21. The highest BCUT2D eigenvalue weighted by molar-refractivity contribution is 5.85. The predicted molar refractivity (Wildman–Crippen MR) is 120 cm³/mol. The Labute approximate surface area is 174 Å². The maximum Gasteiger partial charge on any atom is 0.191 e. The lowest BCUT2D eigenvalue weighted by atomic mass is 10.0. The third-order valence-electron chi connectivity index (χ3n) is 5.56. The van der Waals surface area contributed by atoms with Crippen molar-refractivity contribution in [3.8, 4) is 5.75 Å². The first-order valence-electron chi connectivity index (χ1n) is 10.4. The van der Waals surface area contributed by atoms with Crippen molar-refractivity contribution in [3.05, 3.63) is 42.0 Å². The molecule has 1 atom stereocenters. The molecule has 3 rings (SSSR count). The Balaban J connectivity index is 1.56. The average molecular weight is 399 g/mol. The zero-order chi connectivity index (χ0) is 20.6. The van der Waals surface area contributed by atoms with Crippen LogP contribution in [0.4, 0.5) is 0 Å². The molecular weight excluding hydrogens is 364 g/mol. The molecule has 0 aliphatic carbocycles. The summed E-state index contributed by atoms with van der Waals surface area (Å²) >= 11 is 0. The fraction of sp³-hybridized carbons (Fsp3) is 0.522. The molecule has 158 valence electrons. The second kappa shape index (κ2) is 10.5. The molecule has 2 aromatic carbocycles. The third-order valence-corrected chi connectivity index (χ3v) is 5.56. The Bertz CT molecular complexity index is 816. The molecule has 0 aromatic heterocycles. The number of hydrogen-bond donors (Lipinski definition) is 2. The molecule has 1 heterocycles. The van der Waals surface area contributed by atoms with Crippen molar-refractivity contribution in [1.82, 2.24) is 15.5 Å². The molecule has 1 fully saturated rings. The van der Waals surface area contributed by atoms with Crippen LogP contribution in [0.1, 0.15) is 19.4 Å². The van der Waals surface area contributed by atoms with Crippen LogP contribution in [0, 0.1) is 5.92 Å². The number of benzene rings is 2. The van der Waals surface area contributed by atoms with Crippen molar-refractivity contribution in [1.29, 1.82) is 0 Å². The van der Waals surface area contributed by atoms with E-state index < -0.39 is 0 Å². The van der Waals surface area contributed by atoms with Crippen LogP contribution in [0.15, 0.2) is 41.4 Å². The Kier molecular flexibility index (Phi) is 7.72. The number of ether oxygens (including phenoxy) is 2. The minimum Gasteiger partial charge on any atom is -0.497 e. The molecule has 2 aromatic rings. The number of methoxy groups -OCH3 is 1. The number of guanidine groups is 1. The van der Waals surface area contributed by atoms with E-state index in [0.717, 1.165) is 51.1 Å². The van der Waals surface area contributed by atoms with Gasteiger partial charge < -0.3 is 20.1 Å². The SMILES string of the molecule is CN=C(NCc1ccc2cc(OC)ccc2c1)NCC(C(C)C)N1CCOCC1. The number of nitrogens with one attached hydrogen (secondary N) is 2. The van der Waals surface area contributed by atoms with Crippen molar-refractivity contribution in [2.45, 2.75) is 26.4 Å². The molecule has 1 aliphatic heterocycles. The van der Waals surface area contributed by atoms with Crippen LogP contribution in [0.3, 0.4) is 0 Å². The topological polar surface area (TPSA) is 58.1 Å². The third kappa shape index (κ3) is 5.84. The number of fused-ring (bicyclic) bond motifs is 1. The minimum atomic E-state index is 0.466. The Morgan fingerprint density at radius 1 is 1.10 bits per heavy atom. The van der Waals surface area contributed by atoms with Gasteiger partial charge in [-0.05, 0) is 40.5 Å². The Morgan fingerprint density at radius 3 is 2.52 bits per heavy atom. The molecule has 6 heteroatoms. The molecular formula is C23H34N4O2. The molecule has 0 saturated carbocycles. The van der Waals surface area contributed by atoms with Crippen LogP contribution in [0.2, 0.25) is 0 Å². The molecule has 29 heavy (non-hydrogen) atoms. The number of morpholine rings is 1. The smallest absolute Gasteiger partial charge is 0.191 e. The first-order chi connectivity index (χ1) is 14.1. The van der Waals surface area contributed by atoms with Crippen LogP contribution < -0.4 is 15.4 Å². The lowest BCUT2D eigenvalue weighted by Crippen LogP contribution is -2.52. The van der Waals surface area contributed by atoms with Gasteiger partial charge in [-0.15, -0.1) is 0 Å². The molecule has 1 unspecified atom stereocenters. The van der Waals surface area contributed by atoms with E-state index in [2.05, 4.69) is 64.7 Å². The van der Waals surface area contributed by atoms with Crippen molar-refractivity contribution >= 4 is 16.7 Å². The van der Waals surface area contributed by atoms with E-state index in [9.17, 15) is 0 Å². The largest absolute Gasteiger partial charge is 0.497 e. The van der Waals surface area contributed by atoms with E-state index >= 15 is 0 Å². The first kappa shape index (κ1) is 21.4. The van der Waals surface area contributed by atoms with Gasteiger partial charge in [-0.3, -0.25) is 9.89 Å². The van der Waals surface area contributed by atoms with Gasteiger partial charge in [0.15, 0.2) is 5.96 Å². The van der Waals surface area contributed by atoms with Gasteiger partial charge in [-0.1, -0.05) is 32.0 Å². The highest BCUT2D eigenvalue weighted by Gasteiger charge is 2.23.